The molecular formula is C58H55N5O20. The predicted molar refractivity (Wildman–Crippen MR) is 305 cm³/mol. The number of unbranched alkanes of at least 4 members (excludes halogenated alkanes) is 2. The number of nitro groups is 3. The summed E-state index contributed by atoms with van der Waals surface area (Å²) in [6, 6.07) is 33.3. The summed E-state index contributed by atoms with van der Waals surface area (Å²) >= 11 is 0. The number of aromatic carboxylic acids is 3. The molecule has 0 saturated carbocycles. The molecular weight excluding hydrogens is 1090 g/mol. The SMILES string of the molecule is CCCCC=CCC(=O)O.Cc1cccc(C)c1NC(=O)Nc1ccc(C(=O)O)c(O)c1.Cc1ccccc1C(=Cc1ccccc1[N+](=O)[O-])C(=O)O.O=C(O)c1c(O)ccc2ccccc12.O=C(O)c1cc([N+](=O)[O-])cc([N+](=O)[O-])c1O. The van der Waals surface area contributed by atoms with Gasteiger partial charge in [0.2, 0.25) is 5.75 Å². The third-order valence-electron chi connectivity index (χ3n) is 11.3. The van der Waals surface area contributed by atoms with Crippen molar-refractivity contribution >= 4 is 86.7 Å². The van der Waals surface area contributed by atoms with Gasteiger partial charge in [-0.15, -0.1) is 0 Å². The van der Waals surface area contributed by atoms with Gasteiger partial charge in [0.1, 0.15) is 28.2 Å². The predicted octanol–water partition coefficient (Wildman–Crippen LogP) is 12.2. The summed E-state index contributed by atoms with van der Waals surface area (Å²) in [5.41, 5.74) is 1.44. The number of aromatic hydroxyl groups is 3. The Balaban J connectivity index is 0.000000279. The van der Waals surface area contributed by atoms with E-state index < -0.39 is 79.1 Å². The maximum Gasteiger partial charge on any atom is 0.340 e. The molecule has 0 aromatic heterocycles. The van der Waals surface area contributed by atoms with Crippen molar-refractivity contribution in [3.8, 4) is 17.2 Å². The van der Waals surface area contributed by atoms with E-state index in [-0.39, 0.29) is 40.1 Å². The average Bonchev–Trinajstić information content (AvgIpc) is 3.43. The molecule has 0 spiro atoms. The maximum absolute atomic E-state index is 12.0. The van der Waals surface area contributed by atoms with E-state index in [1.807, 2.05) is 50.3 Å². The van der Waals surface area contributed by atoms with Crippen LogP contribution in [0.5, 0.6) is 17.2 Å². The highest BCUT2D eigenvalue weighted by Gasteiger charge is 2.27. The van der Waals surface area contributed by atoms with Crippen LogP contribution in [0.15, 0.2) is 146 Å². The first kappa shape index (κ1) is 65.8. The van der Waals surface area contributed by atoms with E-state index in [1.165, 1.54) is 42.5 Å². The summed E-state index contributed by atoms with van der Waals surface area (Å²) in [6.07, 6.45) is 8.44. The number of fused-ring (bicyclic) bond motifs is 1. The zero-order chi connectivity index (χ0) is 62.1. The van der Waals surface area contributed by atoms with Gasteiger partial charge in [0.15, 0.2) is 0 Å². The molecule has 7 aromatic rings. The first-order valence-electron chi connectivity index (χ1n) is 24.3. The van der Waals surface area contributed by atoms with E-state index in [9.17, 15) is 79.5 Å². The van der Waals surface area contributed by atoms with E-state index in [4.69, 9.17) is 20.4 Å². The molecule has 432 valence electrons. The quantitative estimate of drug-likeness (QED) is 0.0107. The molecule has 2 amide bonds. The first-order valence-corrected chi connectivity index (χ1v) is 24.3. The van der Waals surface area contributed by atoms with Crippen LogP contribution in [0, 0.1) is 51.1 Å². The number of phenols is 3. The largest absolute Gasteiger partial charge is 0.507 e. The number of carbonyl (C=O) groups is 6. The maximum atomic E-state index is 12.0. The molecule has 0 fully saturated rings. The van der Waals surface area contributed by atoms with E-state index in [0.29, 0.717) is 34.5 Å². The van der Waals surface area contributed by atoms with Crippen molar-refractivity contribution in [2.24, 2.45) is 0 Å². The normalized spacial score (nSPS) is 10.4. The monoisotopic (exact) mass is 1140 g/mol. The number of hydrogen-bond donors (Lipinski definition) is 10. The first-order chi connectivity index (χ1) is 39.2. The number of hydrogen-bond acceptors (Lipinski definition) is 15. The number of rotatable bonds is 16. The number of nitrogens with one attached hydrogen (secondary N) is 2. The number of carbonyl (C=O) groups excluding carboxylic acids is 1. The molecule has 0 radical (unpaired) electrons. The number of urea groups is 1. The summed E-state index contributed by atoms with van der Waals surface area (Å²) in [6.45, 7) is 7.68. The van der Waals surface area contributed by atoms with Gasteiger partial charge in [0.05, 0.1) is 38.4 Å². The summed E-state index contributed by atoms with van der Waals surface area (Å²) in [5, 5.41) is 111. The van der Waals surface area contributed by atoms with Gasteiger partial charge in [-0.05, 0) is 90.6 Å². The number of aryl methyl sites for hydroxylation is 3. The van der Waals surface area contributed by atoms with Crippen molar-refractivity contribution in [2.45, 2.75) is 53.4 Å². The van der Waals surface area contributed by atoms with Crippen LogP contribution in [0.2, 0.25) is 0 Å². The number of allylic oxidation sites excluding steroid dienone is 1. The minimum absolute atomic E-state index is 0.0300. The zero-order valence-corrected chi connectivity index (χ0v) is 44.6. The topological polar surface area (TPSA) is 418 Å². The van der Waals surface area contributed by atoms with Gasteiger partial charge in [-0.3, -0.25) is 35.1 Å². The van der Waals surface area contributed by atoms with E-state index in [0.717, 1.165) is 41.3 Å². The highest BCUT2D eigenvalue weighted by atomic mass is 16.6. The van der Waals surface area contributed by atoms with Gasteiger partial charge in [-0.25, -0.2) is 24.0 Å². The third kappa shape index (κ3) is 20.0. The Kier molecular flexibility index (Phi) is 25.2. The van der Waals surface area contributed by atoms with Crippen molar-refractivity contribution in [1.29, 1.82) is 0 Å². The van der Waals surface area contributed by atoms with Gasteiger partial charge >= 0.3 is 41.6 Å². The Morgan fingerprint density at radius 3 is 1.70 bits per heavy atom. The van der Waals surface area contributed by atoms with Crippen molar-refractivity contribution in [3.63, 3.8) is 0 Å². The smallest absolute Gasteiger partial charge is 0.340 e. The van der Waals surface area contributed by atoms with Crippen LogP contribution in [0.4, 0.5) is 33.2 Å². The van der Waals surface area contributed by atoms with Crippen LogP contribution >= 0.6 is 0 Å². The van der Waals surface area contributed by atoms with Crippen LogP contribution in [0.1, 0.15) is 91.5 Å². The Morgan fingerprint density at radius 2 is 1.14 bits per heavy atom. The molecule has 0 aliphatic rings. The number of carboxylic acids is 5. The van der Waals surface area contributed by atoms with Crippen LogP contribution in [0.3, 0.4) is 0 Å². The molecule has 83 heavy (non-hydrogen) atoms. The van der Waals surface area contributed by atoms with Crippen molar-refractivity contribution in [2.75, 3.05) is 10.6 Å². The molecule has 0 saturated heterocycles. The number of carboxylic acid groups (broad SMARTS) is 5. The molecule has 0 aliphatic carbocycles. The second-order valence-electron chi connectivity index (χ2n) is 17.3. The Bertz CT molecular complexity index is 3580. The number of amides is 2. The molecule has 0 atom stereocenters. The fraction of sp³-hybridized carbons (Fsp3) is 0.138. The zero-order valence-electron chi connectivity index (χ0n) is 44.6. The number of non-ortho nitro benzene ring substituents is 1. The lowest BCUT2D eigenvalue weighted by atomic mass is 9.98. The molecule has 25 heteroatoms. The van der Waals surface area contributed by atoms with Crippen LogP contribution in [0.25, 0.3) is 22.4 Å². The molecule has 25 nitrogen and oxygen atoms in total. The van der Waals surface area contributed by atoms with Gasteiger partial charge in [0, 0.05) is 29.6 Å². The van der Waals surface area contributed by atoms with Crippen LogP contribution < -0.4 is 10.6 Å². The Morgan fingerprint density at radius 1 is 0.554 bits per heavy atom. The van der Waals surface area contributed by atoms with Gasteiger partial charge in [-0.1, -0.05) is 117 Å². The van der Waals surface area contributed by atoms with Crippen molar-refractivity contribution in [3.05, 3.63) is 220 Å². The number of anilines is 2. The molecule has 0 unspecified atom stereocenters. The minimum Gasteiger partial charge on any atom is -0.507 e. The Hall–Kier alpha value is -11.5. The summed E-state index contributed by atoms with van der Waals surface area (Å²) in [4.78, 5) is 94.9. The van der Waals surface area contributed by atoms with E-state index in [1.54, 1.807) is 67.6 Å². The summed E-state index contributed by atoms with van der Waals surface area (Å²) in [5.74, 6) is -7.63. The van der Waals surface area contributed by atoms with Crippen LogP contribution in [-0.2, 0) is 9.59 Å². The molecule has 0 aliphatic heterocycles. The lowest BCUT2D eigenvalue weighted by molar-refractivity contribution is -0.394. The highest BCUT2D eigenvalue weighted by Crippen LogP contribution is 2.34. The number of nitro benzene ring substituents is 3. The molecule has 0 heterocycles. The second-order valence-corrected chi connectivity index (χ2v) is 17.3. The molecule has 0 bridgehead atoms. The number of aliphatic carboxylic acids is 2. The number of benzene rings is 7. The fourth-order valence-corrected chi connectivity index (χ4v) is 7.26. The second kappa shape index (κ2) is 31.8. The van der Waals surface area contributed by atoms with E-state index >= 15 is 0 Å². The van der Waals surface area contributed by atoms with Crippen LogP contribution in [-0.4, -0.2) is 91.5 Å². The lowest BCUT2D eigenvalue weighted by Gasteiger charge is -2.12. The summed E-state index contributed by atoms with van der Waals surface area (Å²) in [7, 11) is 0. The number of para-hydroxylation sites is 2. The van der Waals surface area contributed by atoms with Gasteiger partial charge < -0.3 is 51.5 Å². The molecule has 10 N–H and O–H groups in total. The molecule has 7 rings (SSSR count). The standard InChI is InChI=1S/C16H16N2O4.C16H13NO4.C11H8O3.C8H14O2.C7H4N2O7/c1-9-4-3-5-10(2)14(9)18-16(22)17-11-6-7-12(15(20)21)13(19)8-11;1-11-6-2-4-8-13(11)14(16(18)19)10-12-7-3-5-9-15(12)17(20)21;12-9-6-5-7-3-1-2-4-8(7)10(9)11(13)14;1-2-3-4-5-6-7-8(9)10;10-6-4(7(11)12)1-3(8(13)14)2-5(6)9(15)16/h3-8,19H,1-2H3,(H,20,21)(H2,17,18,22);2-10H,1H3,(H,18,19);1-6,12H,(H,13,14);5-6H,2-4,7H2,1H3,(H,9,10);1-2,10H,(H,11,12). The fourth-order valence-electron chi connectivity index (χ4n) is 7.26. The third-order valence-corrected chi connectivity index (χ3v) is 11.3. The minimum atomic E-state index is -1.69. The summed E-state index contributed by atoms with van der Waals surface area (Å²) < 4.78 is 0. The molecule has 7 aromatic carbocycles. The van der Waals surface area contributed by atoms with Crippen molar-refractivity contribution in [1.82, 2.24) is 0 Å². The lowest BCUT2D eigenvalue weighted by Crippen LogP contribution is -2.20. The Labute approximate surface area is 471 Å². The number of nitrogens with zero attached hydrogens (tertiary/aromatic N) is 3. The van der Waals surface area contributed by atoms with Crippen molar-refractivity contribution < 1.29 is 84.4 Å². The van der Waals surface area contributed by atoms with Gasteiger partial charge in [-0.2, -0.15) is 0 Å². The van der Waals surface area contributed by atoms with Gasteiger partial charge in [0.25, 0.3) is 11.4 Å². The van der Waals surface area contributed by atoms with E-state index in [2.05, 4.69) is 17.6 Å². The highest BCUT2D eigenvalue weighted by molar-refractivity contribution is 6.21. The average molecular weight is 1140 g/mol.